The van der Waals surface area contributed by atoms with Crippen molar-refractivity contribution in [3.05, 3.63) is 34.4 Å². The van der Waals surface area contributed by atoms with Crippen LogP contribution in [0.15, 0.2) is 24.4 Å². The molecule has 0 aromatic carbocycles. The van der Waals surface area contributed by atoms with E-state index in [1.54, 1.807) is 6.20 Å². The molecule has 1 fully saturated rings. The van der Waals surface area contributed by atoms with Gasteiger partial charge in [-0.1, -0.05) is 22.2 Å². The minimum atomic E-state index is 0.641. The fraction of sp³-hybridized carbons (Fsp3) is 0.462. The van der Waals surface area contributed by atoms with E-state index in [2.05, 4.69) is 24.8 Å². The van der Waals surface area contributed by atoms with Crippen molar-refractivity contribution >= 4 is 29.0 Å². The number of pyridine rings is 1. The van der Waals surface area contributed by atoms with Gasteiger partial charge in [0, 0.05) is 37.4 Å². The molecule has 1 aliphatic rings. The average molecular weight is 310 g/mol. The Balaban J connectivity index is 1.46. The van der Waals surface area contributed by atoms with Crippen molar-refractivity contribution in [3.8, 4) is 0 Å². The number of nitrogens with zero attached hydrogens (tertiary/aromatic N) is 4. The molecule has 0 unspecified atom stereocenters. The molecule has 106 valence electrons. The standard InChI is InChI=1S/C13H16ClN5S/c14-13-11(17-18-20-13)9-19-6-4-10(8-19)7-16-12-3-1-2-5-15-12/h1-3,5,10H,4,6-9H2,(H,15,16)/t10-/m1/s1. The zero-order valence-corrected chi connectivity index (χ0v) is 12.6. The van der Waals surface area contributed by atoms with Crippen LogP contribution in [0.25, 0.3) is 0 Å². The van der Waals surface area contributed by atoms with Crippen LogP contribution in [0.1, 0.15) is 12.1 Å². The van der Waals surface area contributed by atoms with Gasteiger partial charge in [-0.3, -0.25) is 4.90 Å². The highest BCUT2D eigenvalue weighted by atomic mass is 35.5. The summed E-state index contributed by atoms with van der Waals surface area (Å²) in [5.74, 6) is 1.58. The predicted octanol–water partition coefficient (Wildman–Crippen LogP) is 2.52. The Kier molecular flexibility index (Phi) is 4.44. The van der Waals surface area contributed by atoms with Gasteiger partial charge >= 0.3 is 0 Å². The highest BCUT2D eigenvalue weighted by Gasteiger charge is 2.23. The predicted molar refractivity (Wildman–Crippen MR) is 81.0 cm³/mol. The first-order valence-electron chi connectivity index (χ1n) is 6.65. The zero-order valence-electron chi connectivity index (χ0n) is 11.0. The van der Waals surface area contributed by atoms with Crippen LogP contribution in [0, 0.1) is 5.92 Å². The molecule has 3 heterocycles. The summed E-state index contributed by atoms with van der Waals surface area (Å²) in [4.78, 5) is 6.65. The number of nitrogens with one attached hydrogen (secondary N) is 1. The smallest absolute Gasteiger partial charge is 0.138 e. The first-order valence-corrected chi connectivity index (χ1v) is 7.80. The van der Waals surface area contributed by atoms with Crippen molar-refractivity contribution < 1.29 is 0 Å². The van der Waals surface area contributed by atoms with E-state index in [0.717, 1.165) is 37.7 Å². The number of anilines is 1. The van der Waals surface area contributed by atoms with Crippen LogP contribution in [0.4, 0.5) is 5.82 Å². The summed E-state index contributed by atoms with van der Waals surface area (Å²) in [6, 6.07) is 5.91. The molecule has 0 bridgehead atoms. The largest absolute Gasteiger partial charge is 0.370 e. The Hall–Kier alpha value is -1.24. The molecule has 0 radical (unpaired) electrons. The summed E-state index contributed by atoms with van der Waals surface area (Å²) >= 11 is 7.30. The van der Waals surface area contributed by atoms with Crippen molar-refractivity contribution in [2.75, 3.05) is 25.0 Å². The lowest BCUT2D eigenvalue weighted by Gasteiger charge is -2.15. The molecule has 1 aliphatic heterocycles. The number of hydrogen-bond donors (Lipinski definition) is 1. The Morgan fingerprint density at radius 2 is 2.40 bits per heavy atom. The summed E-state index contributed by atoms with van der Waals surface area (Å²) in [6.45, 7) is 3.90. The second-order valence-corrected chi connectivity index (χ2v) is 6.34. The highest BCUT2D eigenvalue weighted by Crippen LogP contribution is 2.23. The van der Waals surface area contributed by atoms with Crippen LogP contribution in [-0.4, -0.2) is 39.1 Å². The van der Waals surface area contributed by atoms with Crippen LogP contribution in [-0.2, 0) is 6.54 Å². The van der Waals surface area contributed by atoms with Crippen LogP contribution in [0.2, 0.25) is 4.34 Å². The summed E-state index contributed by atoms with van der Waals surface area (Å²) in [5.41, 5.74) is 0.898. The van der Waals surface area contributed by atoms with Gasteiger partial charge in [-0.15, -0.1) is 5.10 Å². The van der Waals surface area contributed by atoms with Crippen molar-refractivity contribution in [2.45, 2.75) is 13.0 Å². The first-order chi connectivity index (χ1) is 9.81. The third-order valence-corrected chi connectivity index (χ3v) is 4.47. The molecule has 0 spiro atoms. The summed E-state index contributed by atoms with van der Waals surface area (Å²) in [7, 11) is 0. The fourth-order valence-electron chi connectivity index (χ4n) is 2.44. The van der Waals surface area contributed by atoms with Crippen molar-refractivity contribution in [3.63, 3.8) is 0 Å². The van der Waals surface area contributed by atoms with Gasteiger partial charge in [0.1, 0.15) is 15.8 Å². The van der Waals surface area contributed by atoms with Crippen molar-refractivity contribution in [2.24, 2.45) is 5.92 Å². The van der Waals surface area contributed by atoms with Gasteiger partial charge in [-0.05, 0) is 31.0 Å². The second-order valence-electron chi connectivity index (χ2n) is 4.98. The minimum Gasteiger partial charge on any atom is -0.370 e. The monoisotopic (exact) mass is 309 g/mol. The molecule has 0 saturated carbocycles. The zero-order chi connectivity index (χ0) is 13.8. The normalized spacial score (nSPS) is 19.4. The van der Waals surface area contributed by atoms with Gasteiger partial charge in [0.05, 0.1) is 0 Å². The molecular formula is C13H16ClN5S. The third kappa shape index (κ3) is 3.45. The van der Waals surface area contributed by atoms with E-state index in [0.29, 0.717) is 10.3 Å². The van der Waals surface area contributed by atoms with E-state index >= 15 is 0 Å². The maximum atomic E-state index is 6.04. The van der Waals surface area contributed by atoms with E-state index < -0.39 is 0 Å². The SMILES string of the molecule is Clc1snnc1CN1CC[C@H](CNc2ccccn2)C1. The quantitative estimate of drug-likeness (QED) is 0.920. The minimum absolute atomic E-state index is 0.641. The lowest BCUT2D eigenvalue weighted by Crippen LogP contribution is -2.23. The third-order valence-electron chi connectivity index (χ3n) is 3.49. The average Bonchev–Trinajstić information content (AvgIpc) is 3.08. The van der Waals surface area contributed by atoms with Crippen molar-refractivity contribution in [1.82, 2.24) is 19.5 Å². The number of likely N-dealkylation sites (tertiary alicyclic amines) is 1. The maximum Gasteiger partial charge on any atom is 0.138 e. The molecule has 2 aromatic heterocycles. The Morgan fingerprint density at radius 3 is 3.15 bits per heavy atom. The van der Waals surface area contributed by atoms with E-state index in [-0.39, 0.29) is 0 Å². The van der Waals surface area contributed by atoms with Crippen LogP contribution in [0.5, 0.6) is 0 Å². The van der Waals surface area contributed by atoms with E-state index in [1.807, 2.05) is 18.2 Å². The number of halogens is 1. The fourth-order valence-corrected chi connectivity index (χ4v) is 3.05. The van der Waals surface area contributed by atoms with Crippen LogP contribution < -0.4 is 5.32 Å². The number of aromatic nitrogens is 3. The lowest BCUT2D eigenvalue weighted by atomic mass is 10.1. The van der Waals surface area contributed by atoms with E-state index in [1.165, 1.54) is 18.0 Å². The molecule has 1 atom stereocenters. The maximum absolute atomic E-state index is 6.04. The van der Waals surface area contributed by atoms with E-state index in [9.17, 15) is 0 Å². The Bertz CT molecular complexity index is 547. The van der Waals surface area contributed by atoms with Gasteiger partial charge in [0.15, 0.2) is 0 Å². The second kappa shape index (κ2) is 6.47. The molecule has 0 aliphatic carbocycles. The van der Waals surface area contributed by atoms with Crippen LogP contribution in [0.3, 0.4) is 0 Å². The molecule has 1 saturated heterocycles. The summed E-state index contributed by atoms with van der Waals surface area (Å²) in [6.07, 6.45) is 3.00. The van der Waals surface area contributed by atoms with Crippen molar-refractivity contribution in [1.29, 1.82) is 0 Å². The molecule has 7 heteroatoms. The van der Waals surface area contributed by atoms with Gasteiger partial charge in [-0.25, -0.2) is 4.98 Å². The van der Waals surface area contributed by atoms with Gasteiger partial charge in [0.2, 0.25) is 0 Å². The Labute approximate surface area is 127 Å². The lowest BCUT2D eigenvalue weighted by molar-refractivity contribution is 0.315. The summed E-state index contributed by atoms with van der Waals surface area (Å²) < 4.78 is 4.58. The van der Waals surface area contributed by atoms with Gasteiger partial charge < -0.3 is 5.32 Å². The van der Waals surface area contributed by atoms with E-state index in [4.69, 9.17) is 11.6 Å². The highest BCUT2D eigenvalue weighted by molar-refractivity contribution is 7.10. The first kappa shape index (κ1) is 13.7. The molecule has 1 N–H and O–H groups in total. The number of rotatable bonds is 5. The molecular weight excluding hydrogens is 294 g/mol. The molecule has 3 rings (SSSR count). The topological polar surface area (TPSA) is 53.9 Å². The Morgan fingerprint density at radius 1 is 1.45 bits per heavy atom. The van der Waals surface area contributed by atoms with Gasteiger partial charge in [-0.2, -0.15) is 0 Å². The molecule has 5 nitrogen and oxygen atoms in total. The summed E-state index contributed by atoms with van der Waals surface area (Å²) in [5, 5.41) is 7.45. The molecule has 2 aromatic rings. The van der Waals surface area contributed by atoms with Crippen LogP contribution >= 0.6 is 23.1 Å². The van der Waals surface area contributed by atoms with Gasteiger partial charge in [0.25, 0.3) is 0 Å². The molecule has 20 heavy (non-hydrogen) atoms. The molecule has 0 amide bonds. The number of hydrogen-bond acceptors (Lipinski definition) is 6.